The number of nitrogens with zero attached hydrogens (tertiary/aromatic N) is 1. The SMILES string of the molecule is Cc1c(Br)cc(C(=O)O)cc1S(=O)(=O)N1CCSCC1C. The summed E-state index contributed by atoms with van der Waals surface area (Å²) in [5, 5.41) is 9.12. The van der Waals surface area contributed by atoms with Gasteiger partial charge in [-0.1, -0.05) is 15.9 Å². The summed E-state index contributed by atoms with van der Waals surface area (Å²) in [6.45, 7) is 3.99. The van der Waals surface area contributed by atoms with Gasteiger partial charge in [-0.05, 0) is 31.5 Å². The number of rotatable bonds is 3. The average Bonchev–Trinajstić information content (AvgIpc) is 2.41. The van der Waals surface area contributed by atoms with E-state index in [0.717, 1.165) is 11.5 Å². The Bertz CT molecular complexity index is 675. The maximum Gasteiger partial charge on any atom is 0.335 e. The number of carboxylic acid groups (broad SMARTS) is 1. The smallest absolute Gasteiger partial charge is 0.335 e. The predicted molar refractivity (Wildman–Crippen MR) is 86.5 cm³/mol. The van der Waals surface area contributed by atoms with E-state index in [1.807, 2.05) is 6.92 Å². The van der Waals surface area contributed by atoms with Gasteiger partial charge in [0.25, 0.3) is 0 Å². The van der Waals surface area contributed by atoms with E-state index in [-0.39, 0.29) is 16.5 Å². The minimum absolute atomic E-state index is 0.0370. The number of aromatic carboxylic acids is 1. The first-order valence-electron chi connectivity index (χ1n) is 6.38. The zero-order valence-corrected chi connectivity index (χ0v) is 14.9. The van der Waals surface area contributed by atoms with Crippen molar-refractivity contribution in [3.63, 3.8) is 0 Å². The zero-order chi connectivity index (χ0) is 15.8. The first kappa shape index (κ1) is 16.8. The molecule has 8 heteroatoms. The summed E-state index contributed by atoms with van der Waals surface area (Å²) in [7, 11) is -3.69. The molecule has 0 aromatic heterocycles. The van der Waals surface area contributed by atoms with Crippen LogP contribution in [0.4, 0.5) is 0 Å². The highest BCUT2D eigenvalue weighted by Crippen LogP contribution is 2.30. The Balaban J connectivity index is 2.56. The van der Waals surface area contributed by atoms with Gasteiger partial charge in [-0.25, -0.2) is 13.2 Å². The van der Waals surface area contributed by atoms with Gasteiger partial charge in [0.15, 0.2) is 0 Å². The van der Waals surface area contributed by atoms with Gasteiger partial charge in [-0.2, -0.15) is 16.1 Å². The molecule has 0 bridgehead atoms. The van der Waals surface area contributed by atoms with Crippen LogP contribution >= 0.6 is 27.7 Å². The molecule has 1 unspecified atom stereocenters. The van der Waals surface area contributed by atoms with Crippen LogP contribution in [0.2, 0.25) is 0 Å². The number of sulfonamides is 1. The van der Waals surface area contributed by atoms with Crippen molar-refractivity contribution < 1.29 is 18.3 Å². The van der Waals surface area contributed by atoms with Crippen LogP contribution < -0.4 is 0 Å². The van der Waals surface area contributed by atoms with Crippen LogP contribution in [0.25, 0.3) is 0 Å². The predicted octanol–water partition coefficient (Wildman–Crippen LogP) is 2.58. The second-order valence-corrected chi connectivity index (χ2v) is 8.79. The normalized spacial score (nSPS) is 20.4. The summed E-state index contributed by atoms with van der Waals surface area (Å²) >= 11 is 4.97. The lowest BCUT2D eigenvalue weighted by Gasteiger charge is -2.32. The van der Waals surface area contributed by atoms with Crippen LogP contribution in [0.1, 0.15) is 22.8 Å². The van der Waals surface area contributed by atoms with Gasteiger partial charge in [0.2, 0.25) is 10.0 Å². The average molecular weight is 394 g/mol. The fourth-order valence-electron chi connectivity index (χ4n) is 2.24. The van der Waals surface area contributed by atoms with Crippen molar-refractivity contribution in [3.8, 4) is 0 Å². The van der Waals surface area contributed by atoms with Gasteiger partial charge in [0.05, 0.1) is 10.5 Å². The molecular weight excluding hydrogens is 378 g/mol. The summed E-state index contributed by atoms with van der Waals surface area (Å²) in [4.78, 5) is 11.2. The van der Waals surface area contributed by atoms with E-state index in [2.05, 4.69) is 15.9 Å². The van der Waals surface area contributed by atoms with Crippen LogP contribution in [-0.2, 0) is 10.0 Å². The monoisotopic (exact) mass is 393 g/mol. The van der Waals surface area contributed by atoms with Crippen molar-refractivity contribution in [2.45, 2.75) is 24.8 Å². The molecule has 1 atom stereocenters. The molecular formula is C13H16BrNO4S2. The Kier molecular flexibility index (Phi) is 5.02. The summed E-state index contributed by atoms with van der Waals surface area (Å²) in [6, 6.07) is 2.57. The van der Waals surface area contributed by atoms with E-state index >= 15 is 0 Å². The third kappa shape index (κ3) is 3.28. The molecule has 1 saturated heterocycles. The first-order valence-corrected chi connectivity index (χ1v) is 9.77. The van der Waals surface area contributed by atoms with Crippen molar-refractivity contribution in [2.24, 2.45) is 0 Å². The Morgan fingerprint density at radius 2 is 2.14 bits per heavy atom. The van der Waals surface area contributed by atoms with E-state index in [0.29, 0.717) is 16.6 Å². The van der Waals surface area contributed by atoms with Gasteiger partial charge in [0, 0.05) is 28.6 Å². The lowest BCUT2D eigenvalue weighted by molar-refractivity contribution is 0.0696. The third-order valence-corrected chi connectivity index (χ3v) is 7.59. The first-order chi connectivity index (χ1) is 9.75. The molecule has 1 aliphatic heterocycles. The molecule has 1 N–H and O–H groups in total. The summed E-state index contributed by atoms with van der Waals surface area (Å²) in [6.07, 6.45) is 0. The number of carboxylic acids is 1. The van der Waals surface area contributed by atoms with Crippen molar-refractivity contribution in [1.82, 2.24) is 4.31 Å². The van der Waals surface area contributed by atoms with Gasteiger partial charge < -0.3 is 5.11 Å². The lowest BCUT2D eigenvalue weighted by atomic mass is 10.1. The maximum absolute atomic E-state index is 12.8. The minimum atomic E-state index is -3.69. The highest BCUT2D eigenvalue weighted by Gasteiger charge is 2.33. The molecule has 21 heavy (non-hydrogen) atoms. The highest BCUT2D eigenvalue weighted by molar-refractivity contribution is 9.10. The Morgan fingerprint density at radius 1 is 1.48 bits per heavy atom. The van der Waals surface area contributed by atoms with Gasteiger partial charge in [0.1, 0.15) is 0 Å². The second-order valence-electron chi connectivity index (χ2n) is 4.93. The Labute approximate surface area is 136 Å². The van der Waals surface area contributed by atoms with E-state index < -0.39 is 16.0 Å². The minimum Gasteiger partial charge on any atom is -0.478 e. The fraction of sp³-hybridized carbons (Fsp3) is 0.462. The van der Waals surface area contributed by atoms with Crippen LogP contribution in [0.3, 0.4) is 0 Å². The molecule has 0 amide bonds. The van der Waals surface area contributed by atoms with Crippen molar-refractivity contribution in [3.05, 3.63) is 27.7 Å². The van der Waals surface area contributed by atoms with Crippen LogP contribution in [0.15, 0.2) is 21.5 Å². The summed E-state index contributed by atoms with van der Waals surface area (Å²) in [5.41, 5.74) is 0.496. The standard InChI is InChI=1S/C13H16BrNO4S2/c1-8-7-20-4-3-15(8)21(18,19)12-6-10(13(16)17)5-11(14)9(12)2/h5-6,8H,3-4,7H2,1-2H3,(H,16,17). The number of hydrogen-bond donors (Lipinski definition) is 1. The molecule has 5 nitrogen and oxygen atoms in total. The molecule has 1 aromatic carbocycles. The van der Waals surface area contributed by atoms with E-state index in [1.54, 1.807) is 18.7 Å². The van der Waals surface area contributed by atoms with E-state index in [9.17, 15) is 13.2 Å². The number of halogens is 1. The molecule has 1 aromatic rings. The molecule has 0 radical (unpaired) electrons. The van der Waals surface area contributed by atoms with Gasteiger partial charge in [-0.3, -0.25) is 0 Å². The third-order valence-electron chi connectivity index (χ3n) is 3.44. The van der Waals surface area contributed by atoms with Crippen LogP contribution in [0, 0.1) is 6.92 Å². The molecule has 1 fully saturated rings. The lowest BCUT2D eigenvalue weighted by Crippen LogP contribution is -2.44. The second kappa shape index (κ2) is 6.28. The van der Waals surface area contributed by atoms with Gasteiger partial charge >= 0.3 is 5.97 Å². The van der Waals surface area contributed by atoms with E-state index in [4.69, 9.17) is 5.11 Å². The van der Waals surface area contributed by atoms with Crippen molar-refractivity contribution >= 4 is 43.7 Å². The molecule has 2 rings (SSSR count). The molecule has 1 aliphatic rings. The molecule has 0 spiro atoms. The Hall–Kier alpha value is -0.570. The summed E-state index contributed by atoms with van der Waals surface area (Å²) in [5.74, 6) is 0.356. The maximum atomic E-state index is 12.8. The number of thioether (sulfide) groups is 1. The number of hydrogen-bond acceptors (Lipinski definition) is 4. The van der Waals surface area contributed by atoms with Gasteiger partial charge in [-0.15, -0.1) is 0 Å². The topological polar surface area (TPSA) is 74.7 Å². The molecule has 116 valence electrons. The quantitative estimate of drug-likeness (QED) is 0.853. The van der Waals surface area contributed by atoms with Crippen LogP contribution in [0.5, 0.6) is 0 Å². The van der Waals surface area contributed by atoms with Crippen LogP contribution in [-0.4, -0.2) is 47.9 Å². The zero-order valence-electron chi connectivity index (χ0n) is 11.7. The Morgan fingerprint density at radius 3 is 2.71 bits per heavy atom. The van der Waals surface area contributed by atoms with Crippen molar-refractivity contribution in [1.29, 1.82) is 0 Å². The van der Waals surface area contributed by atoms with E-state index in [1.165, 1.54) is 16.4 Å². The molecule has 0 aliphatic carbocycles. The number of carbonyl (C=O) groups is 1. The highest BCUT2D eigenvalue weighted by atomic mass is 79.9. The fourth-order valence-corrected chi connectivity index (χ4v) is 5.96. The number of benzene rings is 1. The molecule has 0 saturated carbocycles. The summed E-state index contributed by atoms with van der Waals surface area (Å²) < 4.78 is 27.6. The largest absolute Gasteiger partial charge is 0.478 e. The van der Waals surface area contributed by atoms with Crippen molar-refractivity contribution in [2.75, 3.05) is 18.1 Å². The molecule has 1 heterocycles.